The van der Waals surface area contributed by atoms with E-state index in [9.17, 15) is 4.79 Å². The van der Waals surface area contributed by atoms with Gasteiger partial charge in [0, 0.05) is 42.8 Å². The number of nitrogens with zero attached hydrogens (tertiary/aromatic N) is 4. The third kappa shape index (κ3) is 4.75. The van der Waals surface area contributed by atoms with Crippen molar-refractivity contribution in [3.05, 3.63) is 44.3 Å². The number of hydrogen-bond acceptors (Lipinski definition) is 7. The average molecular weight is 543 g/mol. The fraction of sp³-hybridized carbons (Fsp3) is 0.519. The number of halogens is 2. The molecule has 0 amide bonds. The van der Waals surface area contributed by atoms with Crippen molar-refractivity contribution < 1.29 is 4.74 Å². The molecule has 3 aromatic rings. The smallest absolute Gasteiger partial charge is 0.256 e. The fourth-order valence-electron chi connectivity index (χ4n) is 5.80. The van der Waals surface area contributed by atoms with Gasteiger partial charge in [-0.15, -0.1) is 0 Å². The van der Waals surface area contributed by atoms with Gasteiger partial charge in [0.25, 0.3) is 5.56 Å². The minimum absolute atomic E-state index is 0.0626. The Balaban J connectivity index is 1.39. The van der Waals surface area contributed by atoms with Crippen molar-refractivity contribution in [1.29, 1.82) is 0 Å². The Hall–Kier alpha value is -2.55. The van der Waals surface area contributed by atoms with Gasteiger partial charge in [0.05, 0.1) is 23.4 Å². The molecular formula is C27H32Cl2N6O2. The summed E-state index contributed by atoms with van der Waals surface area (Å²) in [6.45, 7) is 5.41. The lowest BCUT2D eigenvalue weighted by Gasteiger charge is -2.35. The van der Waals surface area contributed by atoms with Gasteiger partial charge < -0.3 is 24.8 Å². The lowest BCUT2D eigenvalue weighted by molar-refractivity contribution is -0.00571. The molecule has 196 valence electrons. The first-order chi connectivity index (χ1) is 17.8. The van der Waals surface area contributed by atoms with Gasteiger partial charge in [-0.1, -0.05) is 23.2 Å². The van der Waals surface area contributed by atoms with Gasteiger partial charge in [-0.05, 0) is 70.1 Å². The van der Waals surface area contributed by atoms with E-state index in [1.165, 1.54) is 12.8 Å². The maximum absolute atomic E-state index is 13.2. The summed E-state index contributed by atoms with van der Waals surface area (Å²) in [5.74, 6) is 1.67. The van der Waals surface area contributed by atoms with Crippen LogP contribution in [0.3, 0.4) is 0 Å². The molecule has 3 atom stereocenters. The summed E-state index contributed by atoms with van der Waals surface area (Å²) in [4.78, 5) is 24.5. The van der Waals surface area contributed by atoms with Crippen LogP contribution < -0.4 is 21.1 Å². The lowest BCUT2D eigenvalue weighted by atomic mass is 10.0. The zero-order valence-corrected chi connectivity index (χ0v) is 22.9. The first kappa shape index (κ1) is 24.8. The number of pyridine rings is 1. The summed E-state index contributed by atoms with van der Waals surface area (Å²) in [5.41, 5.74) is 3.63. The van der Waals surface area contributed by atoms with Crippen LogP contribution in [0.1, 0.15) is 45.1 Å². The number of ether oxygens (including phenoxy) is 1. The van der Waals surface area contributed by atoms with Crippen LogP contribution in [0.15, 0.2) is 23.0 Å². The van der Waals surface area contributed by atoms with E-state index < -0.39 is 0 Å². The number of benzene rings is 1. The Morgan fingerprint density at radius 2 is 1.86 bits per heavy atom. The molecule has 2 aliphatic heterocycles. The molecule has 1 aliphatic carbocycles. The number of anilines is 4. The number of hydrogen-bond donors (Lipinski definition) is 2. The second kappa shape index (κ2) is 9.64. The summed E-state index contributed by atoms with van der Waals surface area (Å²) >= 11 is 13.0. The van der Waals surface area contributed by atoms with Crippen LogP contribution in [-0.4, -0.2) is 45.9 Å². The maximum atomic E-state index is 13.2. The van der Waals surface area contributed by atoms with E-state index in [2.05, 4.69) is 26.6 Å². The highest BCUT2D eigenvalue weighted by atomic mass is 35.5. The summed E-state index contributed by atoms with van der Waals surface area (Å²) in [5, 5.41) is 8.63. The minimum Gasteiger partial charge on any atom is -0.381 e. The van der Waals surface area contributed by atoms with Crippen molar-refractivity contribution in [2.24, 2.45) is 13.0 Å². The maximum Gasteiger partial charge on any atom is 0.256 e. The van der Waals surface area contributed by atoms with Gasteiger partial charge in [-0.2, -0.15) is 9.97 Å². The van der Waals surface area contributed by atoms with Crippen molar-refractivity contribution in [3.8, 4) is 0 Å². The highest BCUT2D eigenvalue weighted by Gasteiger charge is 2.33. The first-order valence-electron chi connectivity index (χ1n) is 13.1. The van der Waals surface area contributed by atoms with Crippen LogP contribution in [0.5, 0.6) is 0 Å². The number of fused-ring (bicyclic) bond motifs is 3. The molecule has 1 aromatic carbocycles. The van der Waals surface area contributed by atoms with Crippen molar-refractivity contribution in [3.63, 3.8) is 0 Å². The van der Waals surface area contributed by atoms with Gasteiger partial charge in [0.1, 0.15) is 5.02 Å². The Bertz CT molecular complexity index is 1410. The molecule has 37 heavy (non-hydrogen) atoms. The van der Waals surface area contributed by atoms with Gasteiger partial charge in [-0.3, -0.25) is 4.79 Å². The molecule has 2 N–H and O–H groups in total. The normalized spacial score (nSPS) is 23.9. The largest absolute Gasteiger partial charge is 0.381 e. The Labute approximate surface area is 226 Å². The van der Waals surface area contributed by atoms with Crippen LogP contribution >= 0.6 is 23.2 Å². The van der Waals surface area contributed by atoms with Crippen LogP contribution in [0.25, 0.3) is 10.9 Å². The van der Waals surface area contributed by atoms with E-state index in [4.69, 9.17) is 32.9 Å². The van der Waals surface area contributed by atoms with Crippen molar-refractivity contribution >= 4 is 57.2 Å². The van der Waals surface area contributed by atoms with Crippen molar-refractivity contribution in [2.75, 3.05) is 28.6 Å². The Morgan fingerprint density at radius 3 is 2.59 bits per heavy atom. The Kier molecular flexibility index (Phi) is 6.45. The van der Waals surface area contributed by atoms with Crippen LogP contribution in [0.4, 0.5) is 23.1 Å². The molecule has 8 nitrogen and oxygen atoms in total. The molecule has 0 radical (unpaired) electrons. The minimum atomic E-state index is 0.0626. The highest BCUT2D eigenvalue weighted by Crippen LogP contribution is 2.40. The highest BCUT2D eigenvalue weighted by molar-refractivity contribution is 6.42. The van der Waals surface area contributed by atoms with Crippen LogP contribution in [-0.2, 0) is 18.2 Å². The SMILES string of the molecule is C[C@@H]1CN(c2nc(Cl)c(Cl)c(Nc3ccc4c(c3)c3c(c(=O)n4C)CCC[C@H](C4CC4)N3)n2)C[C@H](C)O1. The van der Waals surface area contributed by atoms with Crippen molar-refractivity contribution in [2.45, 2.75) is 64.2 Å². The van der Waals surface area contributed by atoms with Crippen LogP contribution in [0.2, 0.25) is 10.2 Å². The third-order valence-corrected chi connectivity index (χ3v) is 8.45. The fourth-order valence-corrected chi connectivity index (χ4v) is 6.10. The predicted octanol–water partition coefficient (Wildman–Crippen LogP) is 5.52. The van der Waals surface area contributed by atoms with E-state index in [1.54, 1.807) is 4.57 Å². The lowest BCUT2D eigenvalue weighted by Crippen LogP contribution is -2.46. The molecule has 6 rings (SSSR count). The van der Waals surface area contributed by atoms with Gasteiger partial charge in [-0.25, -0.2) is 0 Å². The van der Waals surface area contributed by atoms with Gasteiger partial charge >= 0.3 is 0 Å². The molecule has 0 bridgehead atoms. The molecule has 1 saturated heterocycles. The molecular weight excluding hydrogens is 511 g/mol. The molecule has 0 spiro atoms. The first-order valence-corrected chi connectivity index (χ1v) is 13.9. The van der Waals surface area contributed by atoms with E-state index >= 15 is 0 Å². The van der Waals surface area contributed by atoms with E-state index in [-0.39, 0.29) is 27.9 Å². The Morgan fingerprint density at radius 1 is 1.11 bits per heavy atom. The second-order valence-corrected chi connectivity index (χ2v) is 11.4. The summed E-state index contributed by atoms with van der Waals surface area (Å²) in [7, 11) is 1.85. The molecule has 4 heterocycles. The van der Waals surface area contributed by atoms with Gasteiger partial charge in [0.15, 0.2) is 11.0 Å². The van der Waals surface area contributed by atoms with Crippen molar-refractivity contribution in [1.82, 2.24) is 14.5 Å². The third-order valence-electron chi connectivity index (χ3n) is 7.72. The zero-order chi connectivity index (χ0) is 25.8. The molecule has 1 saturated carbocycles. The molecule has 2 aromatic heterocycles. The summed E-state index contributed by atoms with van der Waals surface area (Å²) < 4.78 is 7.61. The summed E-state index contributed by atoms with van der Waals surface area (Å²) in [6, 6.07) is 6.40. The quantitative estimate of drug-likeness (QED) is 0.420. The average Bonchev–Trinajstić information content (AvgIpc) is 3.71. The van der Waals surface area contributed by atoms with E-state index in [0.717, 1.165) is 47.1 Å². The standard InChI is InChI=1S/C27H32Cl2N6O2/c1-14-12-35(13-15(2)37-14)27-32-24(29)22(28)25(33-27)30-17-9-10-21-19(11-17)23-18(26(36)34(21)3)5-4-6-20(31-23)16-7-8-16/h9-11,14-16,20,31H,4-8,12-13H2,1-3H3,(H,30,32,33)/t14-,15+,20-/m1/s1. The number of nitrogens with one attached hydrogen (secondary N) is 2. The van der Waals surface area contributed by atoms with Crippen LogP contribution in [0, 0.1) is 5.92 Å². The predicted molar refractivity (Wildman–Crippen MR) is 150 cm³/mol. The summed E-state index contributed by atoms with van der Waals surface area (Å²) in [6.07, 6.45) is 5.56. The number of morpholine rings is 1. The zero-order valence-electron chi connectivity index (χ0n) is 21.4. The second-order valence-electron chi connectivity index (χ2n) is 10.7. The molecule has 0 unspecified atom stereocenters. The van der Waals surface area contributed by atoms with Gasteiger partial charge in [0.2, 0.25) is 5.95 Å². The monoisotopic (exact) mass is 542 g/mol. The number of aromatic nitrogens is 3. The molecule has 10 heteroatoms. The number of rotatable bonds is 4. The molecule has 3 aliphatic rings. The molecule has 2 fully saturated rings. The number of aryl methyl sites for hydroxylation is 1. The topological polar surface area (TPSA) is 84.3 Å². The van der Waals surface area contributed by atoms with E-state index in [1.807, 2.05) is 33.0 Å². The van der Waals surface area contributed by atoms with E-state index in [0.29, 0.717) is 36.8 Å².